The van der Waals surface area contributed by atoms with Gasteiger partial charge in [-0.25, -0.2) is 17.5 Å². The number of nitrogens with zero attached hydrogens (tertiary/aromatic N) is 2. The predicted molar refractivity (Wildman–Crippen MR) is 132 cm³/mol. The van der Waals surface area contributed by atoms with Gasteiger partial charge in [0.25, 0.3) is 11.8 Å². The molecule has 2 aromatic rings. The van der Waals surface area contributed by atoms with Crippen molar-refractivity contribution in [1.29, 1.82) is 0 Å². The molecule has 1 aromatic carbocycles. The third-order valence-electron chi connectivity index (χ3n) is 6.45. The molecule has 2 N–H and O–H groups in total. The Kier molecular flexibility index (Phi) is 7.21. The highest BCUT2D eigenvalue weighted by molar-refractivity contribution is 7.91. The number of hydrogen-bond acceptors (Lipinski definition) is 6. The number of amides is 2. The van der Waals surface area contributed by atoms with Gasteiger partial charge in [-0.15, -0.1) is 0 Å². The minimum Gasteiger partial charge on any atom is -0.493 e. The topological polar surface area (TPSA) is 119 Å². The van der Waals surface area contributed by atoms with E-state index in [1.165, 1.54) is 6.07 Å². The highest BCUT2D eigenvalue weighted by Crippen LogP contribution is 2.40. The van der Waals surface area contributed by atoms with E-state index in [0.717, 1.165) is 12.8 Å². The van der Waals surface area contributed by atoms with Crippen LogP contribution in [0.3, 0.4) is 0 Å². The summed E-state index contributed by atoms with van der Waals surface area (Å²) in [6.45, 7) is 6.61. The van der Waals surface area contributed by atoms with E-state index in [-0.39, 0.29) is 23.1 Å². The molecule has 2 heterocycles. The first-order valence-corrected chi connectivity index (χ1v) is 13.7. The molecule has 0 bridgehead atoms. The van der Waals surface area contributed by atoms with Gasteiger partial charge in [0.2, 0.25) is 10.0 Å². The minimum atomic E-state index is -3.88. The molecular formula is C25H31FN4O5S. The summed E-state index contributed by atoms with van der Waals surface area (Å²) in [6.07, 6.45) is 4.46. The maximum Gasteiger partial charge on any atom is 0.270 e. The van der Waals surface area contributed by atoms with Crippen molar-refractivity contribution in [1.82, 2.24) is 19.8 Å². The second-order valence-corrected chi connectivity index (χ2v) is 11.4. The van der Waals surface area contributed by atoms with Gasteiger partial charge in [0.1, 0.15) is 17.1 Å². The molecule has 2 aliphatic rings. The van der Waals surface area contributed by atoms with Crippen molar-refractivity contribution in [3.05, 3.63) is 53.1 Å². The molecule has 1 aliphatic heterocycles. The number of halogens is 1. The van der Waals surface area contributed by atoms with Crippen LogP contribution in [0.15, 0.2) is 36.0 Å². The number of unbranched alkanes of at least 4 members (excludes halogenated alkanes) is 1. The Morgan fingerprint density at radius 1 is 1.31 bits per heavy atom. The number of rotatable bonds is 10. The highest BCUT2D eigenvalue weighted by Gasteiger charge is 2.44. The Bertz CT molecular complexity index is 1320. The Labute approximate surface area is 210 Å². The molecular weight excluding hydrogens is 487 g/mol. The van der Waals surface area contributed by atoms with Crippen LogP contribution >= 0.6 is 0 Å². The molecule has 194 valence electrons. The Hall–Kier alpha value is -3.21. The average molecular weight is 519 g/mol. The fourth-order valence-electron chi connectivity index (χ4n) is 4.27. The Balaban J connectivity index is 1.71. The largest absolute Gasteiger partial charge is 0.493 e. The first kappa shape index (κ1) is 25.9. The van der Waals surface area contributed by atoms with Crippen LogP contribution in [-0.2, 0) is 31.7 Å². The zero-order valence-electron chi connectivity index (χ0n) is 20.6. The maximum absolute atomic E-state index is 15.3. The van der Waals surface area contributed by atoms with Gasteiger partial charge in [0.15, 0.2) is 0 Å². The zero-order chi connectivity index (χ0) is 26.1. The van der Waals surface area contributed by atoms with Crippen LogP contribution in [0.25, 0.3) is 5.57 Å². The highest BCUT2D eigenvalue weighted by atomic mass is 32.2. The van der Waals surface area contributed by atoms with Gasteiger partial charge in [-0.05, 0) is 45.2 Å². The molecule has 9 nitrogen and oxygen atoms in total. The molecule has 2 amide bonds. The molecule has 1 atom stereocenters. The molecule has 0 spiro atoms. The Morgan fingerprint density at radius 3 is 2.67 bits per heavy atom. The lowest BCUT2D eigenvalue weighted by molar-refractivity contribution is -0.124. The second kappa shape index (κ2) is 10.0. The van der Waals surface area contributed by atoms with Crippen molar-refractivity contribution in [2.45, 2.75) is 70.2 Å². The zero-order valence-corrected chi connectivity index (χ0v) is 21.5. The lowest BCUT2D eigenvalue weighted by atomic mass is 9.79. The number of aromatic nitrogens is 2. The second-order valence-electron chi connectivity index (χ2n) is 9.39. The quantitative estimate of drug-likeness (QED) is 0.369. The average Bonchev–Trinajstić information content (AvgIpc) is 3.57. The number of ether oxygens (including phenoxy) is 1. The number of carbonyl (C=O) groups is 2. The molecule has 1 aliphatic carbocycles. The van der Waals surface area contributed by atoms with Crippen LogP contribution in [0.2, 0.25) is 0 Å². The summed E-state index contributed by atoms with van der Waals surface area (Å²) in [6, 6.07) is 6.14. The van der Waals surface area contributed by atoms with Gasteiger partial charge < -0.3 is 10.1 Å². The van der Waals surface area contributed by atoms with Crippen LogP contribution in [0.1, 0.15) is 64.1 Å². The fourth-order valence-corrected chi connectivity index (χ4v) is 5.55. The van der Waals surface area contributed by atoms with Crippen molar-refractivity contribution in [2.24, 2.45) is 0 Å². The molecule has 1 unspecified atom stereocenters. The predicted octanol–water partition coefficient (Wildman–Crippen LogP) is 3.02. The summed E-state index contributed by atoms with van der Waals surface area (Å²) in [5.41, 5.74) is -0.728. The molecule has 0 radical (unpaired) electrons. The number of hydrogen-bond donors (Lipinski definition) is 2. The van der Waals surface area contributed by atoms with Crippen molar-refractivity contribution in [2.75, 3.05) is 6.61 Å². The summed E-state index contributed by atoms with van der Waals surface area (Å²) in [7, 11) is -3.88. The summed E-state index contributed by atoms with van der Waals surface area (Å²) in [5, 5.41) is 6.54. The van der Waals surface area contributed by atoms with Crippen molar-refractivity contribution in [3.8, 4) is 5.75 Å². The summed E-state index contributed by atoms with van der Waals surface area (Å²) in [4.78, 5) is 26.4. The van der Waals surface area contributed by atoms with E-state index in [2.05, 4.69) is 10.4 Å². The Morgan fingerprint density at radius 2 is 2.06 bits per heavy atom. The van der Waals surface area contributed by atoms with E-state index in [1.54, 1.807) is 36.0 Å². The van der Waals surface area contributed by atoms with Crippen LogP contribution in [0, 0.1) is 5.82 Å². The van der Waals surface area contributed by atoms with E-state index in [0.29, 0.717) is 37.4 Å². The first-order valence-electron chi connectivity index (χ1n) is 12.2. The van der Waals surface area contributed by atoms with Crippen molar-refractivity contribution in [3.63, 3.8) is 0 Å². The monoisotopic (exact) mass is 518 g/mol. The van der Waals surface area contributed by atoms with Crippen LogP contribution in [-0.4, -0.2) is 41.9 Å². The van der Waals surface area contributed by atoms with Crippen LogP contribution in [0.5, 0.6) is 5.75 Å². The summed E-state index contributed by atoms with van der Waals surface area (Å²) < 4.78 is 49.3. The van der Waals surface area contributed by atoms with Gasteiger partial charge in [0, 0.05) is 36.4 Å². The molecule has 36 heavy (non-hydrogen) atoms. The number of nitrogens with one attached hydrogen (secondary N) is 2. The third kappa shape index (κ3) is 5.30. The van der Waals surface area contributed by atoms with E-state index < -0.39 is 38.4 Å². The molecule has 1 saturated carbocycles. The SMILES string of the molecule is CCCCOc1ccc(C2(C)CC(c3ccn(CC)n3)=C(C(=O)NS(=O)(=O)C3CC3)C(=O)N2)c(F)c1. The number of sulfonamides is 1. The number of aryl methyl sites for hydroxylation is 1. The number of benzene rings is 1. The summed E-state index contributed by atoms with van der Waals surface area (Å²) in [5.74, 6) is -1.98. The first-order chi connectivity index (χ1) is 17.1. The third-order valence-corrected chi connectivity index (χ3v) is 8.27. The lowest BCUT2D eigenvalue weighted by Gasteiger charge is -2.37. The molecule has 11 heteroatoms. The normalized spacial score (nSPS) is 20.3. The standard InChI is InChI=1S/C25H31FN4O5S/c1-4-6-13-35-16-7-10-19(20(26)14-16)25(3)15-18(21-11-12-30(5-2)28-21)22(23(31)27-25)24(32)29-36(33,34)17-8-9-17/h7,10-12,14,17H,4-6,8-9,13,15H2,1-3H3,(H,27,31)(H,29,32). The smallest absolute Gasteiger partial charge is 0.270 e. The molecule has 4 rings (SSSR count). The van der Waals surface area contributed by atoms with Crippen molar-refractivity contribution < 1.29 is 27.1 Å². The van der Waals surface area contributed by atoms with Gasteiger partial charge in [-0.3, -0.25) is 14.3 Å². The minimum absolute atomic E-state index is 0.0264. The van der Waals surface area contributed by atoms with E-state index in [4.69, 9.17) is 4.74 Å². The van der Waals surface area contributed by atoms with E-state index in [1.807, 2.05) is 18.6 Å². The van der Waals surface area contributed by atoms with Crippen LogP contribution in [0.4, 0.5) is 4.39 Å². The molecule has 1 fully saturated rings. The van der Waals surface area contributed by atoms with Gasteiger partial charge in [0.05, 0.1) is 23.1 Å². The van der Waals surface area contributed by atoms with E-state index in [9.17, 15) is 18.0 Å². The summed E-state index contributed by atoms with van der Waals surface area (Å²) >= 11 is 0. The van der Waals surface area contributed by atoms with Gasteiger partial charge in [-0.2, -0.15) is 5.10 Å². The number of carbonyl (C=O) groups excluding carboxylic acids is 2. The van der Waals surface area contributed by atoms with Crippen LogP contribution < -0.4 is 14.8 Å². The molecule has 1 aromatic heterocycles. The van der Waals surface area contributed by atoms with Gasteiger partial charge in [-0.1, -0.05) is 19.4 Å². The fraction of sp³-hybridized carbons (Fsp3) is 0.480. The van der Waals surface area contributed by atoms with Crippen molar-refractivity contribution >= 4 is 27.4 Å². The maximum atomic E-state index is 15.3. The molecule has 0 saturated heterocycles. The lowest BCUT2D eigenvalue weighted by Crippen LogP contribution is -2.51. The van der Waals surface area contributed by atoms with E-state index >= 15 is 4.39 Å². The van der Waals surface area contributed by atoms with Gasteiger partial charge >= 0.3 is 0 Å².